The molecule has 4 aliphatic rings. The first kappa shape index (κ1) is 16.8. The van der Waals surface area contributed by atoms with E-state index in [1.54, 1.807) is 6.92 Å². The van der Waals surface area contributed by atoms with Gasteiger partial charge in [-0.15, -0.1) is 0 Å². The van der Waals surface area contributed by atoms with Gasteiger partial charge < -0.3 is 10.2 Å². The van der Waals surface area contributed by atoms with Gasteiger partial charge in [-0.25, -0.2) is 0 Å². The predicted molar refractivity (Wildman–Crippen MR) is 89.7 cm³/mol. The van der Waals surface area contributed by atoms with Gasteiger partial charge in [-0.05, 0) is 55.3 Å². The number of Topliss-reactive ketones (excluding diaryl/α,β-unsaturated/α-hetero) is 1. The molecule has 0 saturated heterocycles. The largest absolute Gasteiger partial charge is 0.481 e. The minimum atomic E-state index is -1.05. The molecule has 0 amide bonds. The van der Waals surface area contributed by atoms with Gasteiger partial charge in [-0.1, -0.05) is 25.5 Å². The molecule has 0 aliphatic heterocycles. The summed E-state index contributed by atoms with van der Waals surface area (Å²) in [6, 6.07) is 0. The van der Waals surface area contributed by atoms with Crippen molar-refractivity contribution in [3.05, 3.63) is 12.2 Å². The molecule has 4 aliphatic carbocycles. The lowest BCUT2D eigenvalue weighted by Gasteiger charge is -2.50. The maximum absolute atomic E-state index is 12.7. The van der Waals surface area contributed by atoms with Crippen molar-refractivity contribution in [2.24, 2.45) is 39.9 Å². The standard InChI is InChI=1S/C20H26O5/c1-10-8-20-9-11(10)12(21)7-13(20)18(2)5-4-6-19(3,17(24)25)15(18)14(20)16(22)23/h11,13-15H,1,4-9H2,2-3H3,(H,22,23)(H,24,25)/t11-,13+,14-,15+,18+,19-,20+/m1/s1. The molecule has 0 unspecified atom stereocenters. The maximum atomic E-state index is 12.7. The maximum Gasteiger partial charge on any atom is 0.309 e. The monoisotopic (exact) mass is 346 g/mol. The summed E-state index contributed by atoms with van der Waals surface area (Å²) in [5.41, 5.74) is -1.11. The van der Waals surface area contributed by atoms with Gasteiger partial charge in [0.05, 0.1) is 11.3 Å². The van der Waals surface area contributed by atoms with Crippen molar-refractivity contribution in [1.29, 1.82) is 0 Å². The highest BCUT2D eigenvalue weighted by molar-refractivity contribution is 5.88. The molecular weight excluding hydrogens is 320 g/mol. The average molecular weight is 346 g/mol. The average Bonchev–Trinajstić information content (AvgIpc) is 2.92. The van der Waals surface area contributed by atoms with Crippen LogP contribution in [0.25, 0.3) is 0 Å². The zero-order chi connectivity index (χ0) is 18.4. The van der Waals surface area contributed by atoms with E-state index in [0.717, 1.165) is 18.4 Å². The first-order valence-electron chi connectivity index (χ1n) is 9.24. The van der Waals surface area contributed by atoms with Crippen LogP contribution in [0.1, 0.15) is 52.4 Å². The van der Waals surface area contributed by atoms with E-state index in [0.29, 0.717) is 25.7 Å². The molecule has 5 nitrogen and oxygen atoms in total. The summed E-state index contributed by atoms with van der Waals surface area (Å²) < 4.78 is 0. The minimum Gasteiger partial charge on any atom is -0.481 e. The van der Waals surface area contributed by atoms with Gasteiger partial charge in [-0.2, -0.15) is 0 Å². The van der Waals surface area contributed by atoms with Crippen molar-refractivity contribution in [2.75, 3.05) is 0 Å². The van der Waals surface area contributed by atoms with Crippen LogP contribution < -0.4 is 0 Å². The van der Waals surface area contributed by atoms with E-state index < -0.39 is 40.0 Å². The fourth-order valence-corrected chi connectivity index (χ4v) is 7.61. The molecule has 1 spiro atoms. The van der Waals surface area contributed by atoms with Gasteiger partial charge in [-0.3, -0.25) is 14.4 Å². The molecule has 0 aromatic carbocycles. The summed E-state index contributed by atoms with van der Waals surface area (Å²) >= 11 is 0. The van der Waals surface area contributed by atoms with E-state index in [-0.39, 0.29) is 17.6 Å². The zero-order valence-electron chi connectivity index (χ0n) is 14.9. The number of allylic oxidation sites excluding steroid dienone is 1. The Morgan fingerprint density at radius 1 is 1.20 bits per heavy atom. The number of fused-ring (bicyclic) bond motifs is 3. The van der Waals surface area contributed by atoms with Crippen LogP contribution in [-0.2, 0) is 14.4 Å². The molecular formula is C20H26O5. The van der Waals surface area contributed by atoms with Crippen LogP contribution in [0.4, 0.5) is 0 Å². The van der Waals surface area contributed by atoms with Crippen molar-refractivity contribution in [1.82, 2.24) is 0 Å². The van der Waals surface area contributed by atoms with Crippen LogP contribution in [0.15, 0.2) is 12.2 Å². The molecule has 0 aromatic heterocycles. The molecule has 7 atom stereocenters. The van der Waals surface area contributed by atoms with Gasteiger partial charge in [0, 0.05) is 12.3 Å². The molecule has 2 N–H and O–H groups in total. The molecule has 0 radical (unpaired) electrons. The number of aliphatic carboxylic acids is 2. The van der Waals surface area contributed by atoms with Crippen molar-refractivity contribution >= 4 is 17.7 Å². The van der Waals surface area contributed by atoms with E-state index in [4.69, 9.17) is 0 Å². The number of rotatable bonds is 2. The van der Waals surface area contributed by atoms with Gasteiger partial charge >= 0.3 is 11.9 Å². The molecule has 0 heterocycles. The molecule has 2 bridgehead atoms. The highest BCUT2D eigenvalue weighted by Crippen LogP contribution is 2.77. The zero-order valence-corrected chi connectivity index (χ0v) is 14.9. The number of hydrogen-bond donors (Lipinski definition) is 2. The normalized spacial score (nSPS) is 51.1. The number of ketones is 1. The third-order valence-corrected chi connectivity index (χ3v) is 8.43. The number of carboxylic acid groups (broad SMARTS) is 2. The number of carbonyl (C=O) groups is 3. The summed E-state index contributed by atoms with van der Waals surface area (Å²) in [5.74, 6) is -3.03. The SMILES string of the molecule is C=C1C[C@]23C[C@H]1C(=O)C[C@H]2[C@]1(C)CCC[C@@](C)(C(=O)O)[C@H]1[C@@H]3C(=O)O. The summed E-state index contributed by atoms with van der Waals surface area (Å²) in [4.78, 5) is 37.3. The molecule has 5 heteroatoms. The van der Waals surface area contributed by atoms with Crippen LogP contribution in [0.5, 0.6) is 0 Å². The second-order valence-electron chi connectivity index (χ2n) is 9.42. The molecule has 0 aromatic rings. The lowest BCUT2D eigenvalue weighted by Crippen LogP contribution is -2.50. The first-order chi connectivity index (χ1) is 11.6. The quantitative estimate of drug-likeness (QED) is 0.750. The molecule has 4 fully saturated rings. The van der Waals surface area contributed by atoms with Gasteiger partial charge in [0.15, 0.2) is 0 Å². The van der Waals surface area contributed by atoms with Crippen LogP contribution >= 0.6 is 0 Å². The van der Waals surface area contributed by atoms with Crippen LogP contribution in [0, 0.1) is 39.9 Å². The Kier molecular flexibility index (Phi) is 3.19. The smallest absolute Gasteiger partial charge is 0.309 e. The second kappa shape index (κ2) is 4.74. The Morgan fingerprint density at radius 2 is 1.88 bits per heavy atom. The molecule has 4 rings (SSSR count). The van der Waals surface area contributed by atoms with Gasteiger partial charge in [0.1, 0.15) is 5.78 Å². The lowest BCUT2D eigenvalue weighted by atomic mass is 9.53. The van der Waals surface area contributed by atoms with Crippen LogP contribution in [0.2, 0.25) is 0 Å². The Labute approximate surface area is 147 Å². The molecule has 136 valence electrons. The topological polar surface area (TPSA) is 91.7 Å². The highest BCUT2D eigenvalue weighted by Gasteiger charge is 2.76. The van der Waals surface area contributed by atoms with E-state index in [1.165, 1.54) is 0 Å². The van der Waals surface area contributed by atoms with Gasteiger partial charge in [0.25, 0.3) is 0 Å². The number of carboxylic acids is 2. The Hall–Kier alpha value is -1.65. The van der Waals surface area contributed by atoms with Crippen LogP contribution in [-0.4, -0.2) is 27.9 Å². The highest BCUT2D eigenvalue weighted by atomic mass is 16.4. The van der Waals surface area contributed by atoms with Crippen molar-refractivity contribution in [3.8, 4) is 0 Å². The summed E-state index contributed by atoms with van der Waals surface area (Å²) in [7, 11) is 0. The van der Waals surface area contributed by atoms with Crippen molar-refractivity contribution < 1.29 is 24.6 Å². The van der Waals surface area contributed by atoms with E-state index >= 15 is 0 Å². The Balaban J connectivity index is 1.95. The van der Waals surface area contributed by atoms with E-state index in [9.17, 15) is 24.6 Å². The Bertz CT molecular complexity index is 711. The van der Waals surface area contributed by atoms with Crippen molar-refractivity contribution in [3.63, 3.8) is 0 Å². The lowest BCUT2D eigenvalue weighted by molar-refractivity contribution is -0.166. The number of hydrogen-bond acceptors (Lipinski definition) is 3. The third kappa shape index (κ3) is 1.77. The molecule has 4 saturated carbocycles. The Morgan fingerprint density at radius 3 is 2.48 bits per heavy atom. The third-order valence-electron chi connectivity index (χ3n) is 8.43. The van der Waals surface area contributed by atoms with Crippen molar-refractivity contribution in [2.45, 2.75) is 52.4 Å². The number of carbonyl (C=O) groups excluding carboxylic acids is 1. The second-order valence-corrected chi connectivity index (χ2v) is 9.42. The van der Waals surface area contributed by atoms with Gasteiger partial charge in [0.2, 0.25) is 0 Å². The summed E-state index contributed by atoms with van der Waals surface area (Å²) in [5, 5.41) is 20.2. The fraction of sp³-hybridized carbons (Fsp3) is 0.750. The minimum absolute atomic E-state index is 0.0481. The fourth-order valence-electron chi connectivity index (χ4n) is 7.61. The first-order valence-corrected chi connectivity index (χ1v) is 9.24. The summed E-state index contributed by atoms with van der Waals surface area (Å²) in [6.45, 7) is 7.86. The van der Waals surface area contributed by atoms with E-state index in [1.807, 2.05) is 0 Å². The molecule has 25 heavy (non-hydrogen) atoms. The summed E-state index contributed by atoms with van der Waals surface area (Å²) in [6.07, 6.45) is 3.58. The van der Waals surface area contributed by atoms with E-state index in [2.05, 4.69) is 13.5 Å². The van der Waals surface area contributed by atoms with Crippen LogP contribution in [0.3, 0.4) is 0 Å². The predicted octanol–water partition coefficient (Wildman–Crippen LogP) is 3.14.